The van der Waals surface area contributed by atoms with Gasteiger partial charge in [0.15, 0.2) is 0 Å². The zero-order valence-electron chi connectivity index (χ0n) is 12.2. The van der Waals surface area contributed by atoms with Crippen molar-refractivity contribution in [2.45, 2.75) is 6.42 Å². The van der Waals surface area contributed by atoms with Gasteiger partial charge in [0.25, 0.3) is 11.5 Å². The maximum absolute atomic E-state index is 12.9. The summed E-state index contributed by atoms with van der Waals surface area (Å²) in [6, 6.07) is 15.1. The largest absolute Gasteiger partial charge is 0.321 e. The molecule has 1 aromatic heterocycles. The zero-order valence-corrected chi connectivity index (χ0v) is 13.8. The summed E-state index contributed by atoms with van der Waals surface area (Å²) in [4.78, 5) is 29.6. The fourth-order valence-corrected chi connectivity index (χ4v) is 3.41. The van der Waals surface area contributed by atoms with Crippen LogP contribution in [0.1, 0.15) is 15.9 Å². The third-order valence-electron chi connectivity index (χ3n) is 4.17. The van der Waals surface area contributed by atoms with Crippen molar-refractivity contribution in [1.29, 1.82) is 0 Å². The monoisotopic (exact) mass is 368 g/mol. The van der Waals surface area contributed by atoms with E-state index in [0.717, 1.165) is 33.0 Å². The zero-order chi connectivity index (χ0) is 16.0. The van der Waals surface area contributed by atoms with Crippen LogP contribution in [0.4, 0.5) is 5.69 Å². The van der Waals surface area contributed by atoms with Gasteiger partial charge in [-0.2, -0.15) is 0 Å². The third-order valence-corrected chi connectivity index (χ3v) is 4.66. The number of amides is 1. The van der Waals surface area contributed by atoms with Gasteiger partial charge in [-0.1, -0.05) is 34.1 Å². The van der Waals surface area contributed by atoms with Crippen LogP contribution >= 0.6 is 15.9 Å². The molecule has 2 heterocycles. The lowest BCUT2D eigenvalue weighted by atomic mass is 10.1. The van der Waals surface area contributed by atoms with Gasteiger partial charge in [-0.15, -0.1) is 0 Å². The Morgan fingerprint density at radius 2 is 1.96 bits per heavy atom. The number of nitrogens with zero attached hydrogens (tertiary/aromatic N) is 1. The van der Waals surface area contributed by atoms with Gasteiger partial charge in [0.1, 0.15) is 5.56 Å². The predicted molar refractivity (Wildman–Crippen MR) is 94.1 cm³/mol. The van der Waals surface area contributed by atoms with E-state index in [1.807, 2.05) is 42.5 Å². The van der Waals surface area contributed by atoms with E-state index in [-0.39, 0.29) is 17.0 Å². The van der Waals surface area contributed by atoms with Crippen LogP contribution in [0.3, 0.4) is 0 Å². The number of benzene rings is 2. The molecule has 1 N–H and O–H groups in total. The van der Waals surface area contributed by atoms with Crippen LogP contribution in [0, 0.1) is 0 Å². The molecule has 0 saturated heterocycles. The van der Waals surface area contributed by atoms with E-state index in [2.05, 4.69) is 20.9 Å². The minimum Gasteiger partial charge on any atom is -0.321 e. The third kappa shape index (κ3) is 2.37. The molecule has 2 aromatic carbocycles. The van der Waals surface area contributed by atoms with Gasteiger partial charge in [-0.25, -0.2) is 0 Å². The SMILES string of the molecule is O=C(c1cc2cc(Br)ccc2[nH]c1=O)N1CCc2ccccc21. The number of rotatable bonds is 1. The standard InChI is InChI=1S/C18H13BrN2O2/c19-13-5-6-15-12(9-13)10-14(17(22)20-15)18(23)21-8-7-11-3-1-2-4-16(11)21/h1-6,9-10H,7-8H2,(H,20,22). The molecule has 4 nitrogen and oxygen atoms in total. The highest BCUT2D eigenvalue weighted by atomic mass is 79.9. The second kappa shape index (κ2) is 5.35. The number of H-pyrrole nitrogens is 1. The lowest BCUT2D eigenvalue weighted by Gasteiger charge is -2.17. The molecule has 0 spiro atoms. The van der Waals surface area contributed by atoms with Crippen LogP contribution in [-0.4, -0.2) is 17.4 Å². The van der Waals surface area contributed by atoms with Gasteiger partial charge >= 0.3 is 0 Å². The second-order valence-corrected chi connectivity index (χ2v) is 6.49. The number of para-hydroxylation sites is 1. The topological polar surface area (TPSA) is 53.2 Å². The Morgan fingerprint density at radius 1 is 1.13 bits per heavy atom. The molecule has 1 aliphatic heterocycles. The highest BCUT2D eigenvalue weighted by Gasteiger charge is 2.26. The van der Waals surface area contributed by atoms with E-state index >= 15 is 0 Å². The molecule has 3 aromatic rings. The number of nitrogens with one attached hydrogen (secondary N) is 1. The molecule has 0 aliphatic carbocycles. The Morgan fingerprint density at radius 3 is 2.83 bits per heavy atom. The summed E-state index contributed by atoms with van der Waals surface area (Å²) >= 11 is 3.41. The first-order valence-corrected chi connectivity index (χ1v) is 8.15. The quantitative estimate of drug-likeness (QED) is 0.714. The number of pyridine rings is 1. The number of fused-ring (bicyclic) bond motifs is 2. The van der Waals surface area contributed by atoms with E-state index in [9.17, 15) is 9.59 Å². The van der Waals surface area contributed by atoms with Crippen molar-refractivity contribution in [3.63, 3.8) is 0 Å². The maximum Gasteiger partial charge on any atom is 0.263 e. The highest BCUT2D eigenvalue weighted by molar-refractivity contribution is 9.10. The number of carbonyl (C=O) groups excluding carboxylic acids is 1. The predicted octanol–water partition coefficient (Wildman–Crippen LogP) is 3.49. The molecule has 0 bridgehead atoms. The van der Waals surface area contributed by atoms with E-state index in [4.69, 9.17) is 0 Å². The van der Waals surface area contributed by atoms with E-state index < -0.39 is 0 Å². The lowest BCUT2D eigenvalue weighted by Crippen LogP contribution is -2.33. The minimum atomic E-state index is -0.353. The van der Waals surface area contributed by atoms with Crippen LogP contribution in [0.2, 0.25) is 0 Å². The van der Waals surface area contributed by atoms with Crippen LogP contribution < -0.4 is 10.5 Å². The Labute approximate surface area is 140 Å². The number of anilines is 1. The Kier molecular flexibility index (Phi) is 3.31. The molecule has 114 valence electrons. The first kappa shape index (κ1) is 14.2. The van der Waals surface area contributed by atoms with Crippen LogP contribution in [0.25, 0.3) is 10.9 Å². The number of hydrogen-bond donors (Lipinski definition) is 1. The fourth-order valence-electron chi connectivity index (χ4n) is 3.03. The number of carbonyl (C=O) groups is 1. The molecular formula is C18H13BrN2O2. The molecular weight excluding hydrogens is 356 g/mol. The van der Waals surface area contributed by atoms with E-state index in [1.54, 1.807) is 11.0 Å². The van der Waals surface area contributed by atoms with Crippen molar-refractivity contribution in [2.75, 3.05) is 11.4 Å². The van der Waals surface area contributed by atoms with Gasteiger partial charge in [-0.05, 0) is 42.3 Å². The first-order valence-electron chi connectivity index (χ1n) is 7.36. The summed E-state index contributed by atoms with van der Waals surface area (Å²) in [7, 11) is 0. The van der Waals surface area contributed by atoms with Crippen LogP contribution in [-0.2, 0) is 6.42 Å². The molecule has 0 fully saturated rings. The number of halogens is 1. The second-order valence-electron chi connectivity index (χ2n) is 5.58. The number of hydrogen-bond acceptors (Lipinski definition) is 2. The normalized spacial score (nSPS) is 13.3. The Hall–Kier alpha value is -2.40. The molecule has 23 heavy (non-hydrogen) atoms. The van der Waals surface area contributed by atoms with Gasteiger partial charge in [0.2, 0.25) is 0 Å². The number of aromatic nitrogens is 1. The van der Waals surface area contributed by atoms with Crippen molar-refractivity contribution in [3.05, 3.63) is 74.5 Å². The van der Waals surface area contributed by atoms with Crippen molar-refractivity contribution < 1.29 is 4.79 Å². The summed E-state index contributed by atoms with van der Waals surface area (Å²) < 4.78 is 0.905. The summed E-state index contributed by atoms with van der Waals surface area (Å²) in [5.41, 5.74) is 2.57. The fraction of sp³-hybridized carbons (Fsp3) is 0.111. The molecule has 4 rings (SSSR count). The molecule has 1 aliphatic rings. The van der Waals surface area contributed by atoms with Gasteiger partial charge in [0, 0.05) is 27.6 Å². The average Bonchev–Trinajstić information content (AvgIpc) is 2.98. The molecule has 0 unspecified atom stereocenters. The maximum atomic E-state index is 12.9. The van der Waals surface area contributed by atoms with Gasteiger partial charge < -0.3 is 9.88 Å². The smallest absolute Gasteiger partial charge is 0.263 e. The summed E-state index contributed by atoms with van der Waals surface area (Å²) in [5, 5.41) is 0.829. The van der Waals surface area contributed by atoms with Crippen molar-refractivity contribution in [2.24, 2.45) is 0 Å². The Bertz CT molecular complexity index is 994. The Balaban J connectivity index is 1.82. The van der Waals surface area contributed by atoms with Crippen molar-refractivity contribution in [3.8, 4) is 0 Å². The molecule has 0 saturated carbocycles. The summed E-state index contributed by atoms with van der Waals surface area (Å²) in [6.45, 7) is 0.605. The molecule has 0 atom stereocenters. The lowest BCUT2D eigenvalue weighted by molar-refractivity contribution is 0.0988. The van der Waals surface area contributed by atoms with Crippen LogP contribution in [0.5, 0.6) is 0 Å². The van der Waals surface area contributed by atoms with Gasteiger partial charge in [-0.3, -0.25) is 9.59 Å². The van der Waals surface area contributed by atoms with Crippen molar-refractivity contribution >= 4 is 38.4 Å². The molecule has 1 amide bonds. The first-order chi connectivity index (χ1) is 11.1. The van der Waals surface area contributed by atoms with Gasteiger partial charge in [0.05, 0.1) is 0 Å². The summed E-state index contributed by atoms with van der Waals surface area (Å²) in [6.07, 6.45) is 0.818. The molecule has 0 radical (unpaired) electrons. The summed E-state index contributed by atoms with van der Waals surface area (Å²) in [5.74, 6) is -0.252. The van der Waals surface area contributed by atoms with E-state index in [1.165, 1.54) is 0 Å². The highest BCUT2D eigenvalue weighted by Crippen LogP contribution is 2.28. The average molecular weight is 369 g/mol. The molecule has 5 heteroatoms. The van der Waals surface area contributed by atoms with Crippen LogP contribution in [0.15, 0.2) is 57.8 Å². The van der Waals surface area contributed by atoms with Crippen molar-refractivity contribution in [1.82, 2.24) is 4.98 Å². The number of aromatic amines is 1. The minimum absolute atomic E-state index is 0.173. The van der Waals surface area contributed by atoms with E-state index in [0.29, 0.717) is 6.54 Å².